The Labute approximate surface area is 158 Å². The molecule has 0 amide bonds. The fourth-order valence-corrected chi connectivity index (χ4v) is 3.22. The van der Waals surface area contributed by atoms with Crippen LogP contribution in [-0.2, 0) is 6.54 Å². The normalized spacial score (nSPS) is 14.6. The zero-order valence-corrected chi connectivity index (χ0v) is 16.2. The van der Waals surface area contributed by atoms with Crippen molar-refractivity contribution in [3.8, 4) is 10.6 Å². The topological polar surface area (TPSA) is 49.3 Å². The smallest absolute Gasteiger partial charge is 0.191 e. The van der Waals surface area contributed by atoms with Gasteiger partial charge in [0.1, 0.15) is 5.01 Å². The predicted octanol–water partition coefficient (Wildman–Crippen LogP) is 3.81. The average molecular weight is 440 g/mol. The van der Waals surface area contributed by atoms with E-state index in [-0.39, 0.29) is 24.0 Å². The lowest BCUT2D eigenvalue weighted by Gasteiger charge is -2.16. The highest BCUT2D eigenvalue weighted by Crippen LogP contribution is 2.23. The molecule has 0 aliphatic heterocycles. The molecular formula is C17H21IN4S. The molecule has 122 valence electrons. The molecule has 1 heterocycles. The molecule has 6 heteroatoms. The van der Waals surface area contributed by atoms with Gasteiger partial charge in [0, 0.05) is 24.0 Å². The largest absolute Gasteiger partial charge is 0.353 e. The van der Waals surface area contributed by atoms with Crippen molar-refractivity contribution in [2.75, 3.05) is 7.05 Å². The van der Waals surface area contributed by atoms with Crippen LogP contribution in [0.5, 0.6) is 0 Å². The van der Waals surface area contributed by atoms with Crippen LogP contribution in [0.3, 0.4) is 0 Å². The summed E-state index contributed by atoms with van der Waals surface area (Å²) < 4.78 is 0. The van der Waals surface area contributed by atoms with E-state index in [9.17, 15) is 0 Å². The Balaban J connectivity index is 0.00000192. The minimum absolute atomic E-state index is 0. The first-order valence-electron chi connectivity index (χ1n) is 7.47. The summed E-state index contributed by atoms with van der Waals surface area (Å²) in [6.45, 7) is 0.684. The van der Waals surface area contributed by atoms with Crippen LogP contribution in [-0.4, -0.2) is 24.0 Å². The summed E-state index contributed by atoms with van der Waals surface area (Å²) in [5, 5.41) is 9.91. The fraction of sp³-hybridized carbons (Fsp3) is 0.294. The summed E-state index contributed by atoms with van der Waals surface area (Å²) in [5.41, 5.74) is 2.20. The molecule has 4 nitrogen and oxygen atoms in total. The number of rotatable bonds is 4. The predicted molar refractivity (Wildman–Crippen MR) is 108 cm³/mol. The SMILES string of the molecule is CN=C(NCc1csc(-c2ccccc2)n1)NC1CC=CC1.I. The number of hydrogen-bond donors (Lipinski definition) is 2. The highest BCUT2D eigenvalue weighted by atomic mass is 127. The maximum Gasteiger partial charge on any atom is 0.191 e. The quantitative estimate of drug-likeness (QED) is 0.329. The molecule has 0 fully saturated rings. The summed E-state index contributed by atoms with van der Waals surface area (Å²) >= 11 is 1.67. The Kier molecular flexibility index (Phi) is 7.04. The summed E-state index contributed by atoms with van der Waals surface area (Å²) in [7, 11) is 1.80. The lowest BCUT2D eigenvalue weighted by Crippen LogP contribution is -2.42. The number of aliphatic imine (C=N–C) groups is 1. The van der Waals surface area contributed by atoms with Gasteiger partial charge in [0.25, 0.3) is 0 Å². The van der Waals surface area contributed by atoms with E-state index in [1.165, 1.54) is 5.56 Å². The summed E-state index contributed by atoms with van der Waals surface area (Å²) in [6.07, 6.45) is 6.54. The molecule has 0 saturated carbocycles. The van der Waals surface area contributed by atoms with Crippen LogP contribution in [0.1, 0.15) is 18.5 Å². The lowest BCUT2D eigenvalue weighted by molar-refractivity contribution is 0.632. The second-order valence-electron chi connectivity index (χ2n) is 5.22. The molecule has 1 aliphatic rings. The van der Waals surface area contributed by atoms with Gasteiger partial charge in [0.2, 0.25) is 0 Å². The zero-order chi connectivity index (χ0) is 15.2. The molecule has 23 heavy (non-hydrogen) atoms. The Hall–Kier alpha value is -1.41. The highest BCUT2D eigenvalue weighted by molar-refractivity contribution is 14.0. The van der Waals surface area contributed by atoms with Crippen molar-refractivity contribution in [3.05, 3.63) is 53.6 Å². The molecule has 1 aromatic carbocycles. The average Bonchev–Trinajstić information content (AvgIpc) is 3.24. The maximum atomic E-state index is 4.68. The third-order valence-corrected chi connectivity index (χ3v) is 4.52. The molecule has 3 rings (SSSR count). The van der Waals surface area contributed by atoms with Crippen molar-refractivity contribution >= 4 is 41.3 Å². The van der Waals surface area contributed by atoms with E-state index in [0.29, 0.717) is 12.6 Å². The van der Waals surface area contributed by atoms with E-state index in [1.807, 2.05) is 18.2 Å². The molecule has 2 aromatic rings. The van der Waals surface area contributed by atoms with E-state index in [1.54, 1.807) is 18.4 Å². The second kappa shape index (κ2) is 9.02. The highest BCUT2D eigenvalue weighted by Gasteiger charge is 2.12. The summed E-state index contributed by atoms with van der Waals surface area (Å²) in [4.78, 5) is 8.95. The Bertz CT molecular complexity index is 658. The van der Waals surface area contributed by atoms with Gasteiger partial charge in [-0.2, -0.15) is 0 Å². The zero-order valence-electron chi connectivity index (χ0n) is 13.0. The van der Waals surface area contributed by atoms with Gasteiger partial charge in [-0.25, -0.2) is 4.98 Å². The maximum absolute atomic E-state index is 4.68. The fourth-order valence-electron chi connectivity index (χ4n) is 2.40. The van der Waals surface area contributed by atoms with Crippen LogP contribution >= 0.6 is 35.3 Å². The van der Waals surface area contributed by atoms with E-state index < -0.39 is 0 Å². The van der Waals surface area contributed by atoms with Crippen molar-refractivity contribution in [1.29, 1.82) is 0 Å². The van der Waals surface area contributed by atoms with Crippen molar-refractivity contribution < 1.29 is 0 Å². The Morgan fingerprint density at radius 3 is 2.70 bits per heavy atom. The van der Waals surface area contributed by atoms with Gasteiger partial charge in [-0.15, -0.1) is 35.3 Å². The van der Waals surface area contributed by atoms with Gasteiger partial charge in [-0.3, -0.25) is 4.99 Å². The third kappa shape index (κ3) is 5.04. The van der Waals surface area contributed by atoms with Crippen LogP contribution in [0.4, 0.5) is 0 Å². The first-order chi connectivity index (χ1) is 10.8. The number of aromatic nitrogens is 1. The molecule has 0 bridgehead atoms. The van der Waals surface area contributed by atoms with E-state index in [2.05, 4.69) is 50.3 Å². The van der Waals surface area contributed by atoms with Crippen LogP contribution in [0.25, 0.3) is 10.6 Å². The van der Waals surface area contributed by atoms with Crippen LogP contribution in [0.2, 0.25) is 0 Å². The van der Waals surface area contributed by atoms with Crippen molar-refractivity contribution in [3.63, 3.8) is 0 Å². The van der Waals surface area contributed by atoms with Crippen LogP contribution in [0, 0.1) is 0 Å². The molecule has 0 atom stereocenters. The van der Waals surface area contributed by atoms with E-state index >= 15 is 0 Å². The Morgan fingerprint density at radius 2 is 2.00 bits per heavy atom. The molecule has 1 aliphatic carbocycles. The molecular weight excluding hydrogens is 419 g/mol. The first kappa shape index (κ1) is 17.9. The second-order valence-corrected chi connectivity index (χ2v) is 6.08. The molecule has 0 unspecified atom stereocenters. The van der Waals surface area contributed by atoms with Crippen molar-refractivity contribution in [2.45, 2.75) is 25.4 Å². The first-order valence-corrected chi connectivity index (χ1v) is 8.35. The van der Waals surface area contributed by atoms with Gasteiger partial charge in [0.15, 0.2) is 5.96 Å². The third-order valence-electron chi connectivity index (χ3n) is 3.58. The van der Waals surface area contributed by atoms with Gasteiger partial charge in [-0.1, -0.05) is 42.5 Å². The number of thiazole rings is 1. The number of benzene rings is 1. The van der Waals surface area contributed by atoms with Gasteiger partial charge < -0.3 is 10.6 Å². The number of hydrogen-bond acceptors (Lipinski definition) is 3. The van der Waals surface area contributed by atoms with Crippen molar-refractivity contribution in [2.24, 2.45) is 4.99 Å². The van der Waals surface area contributed by atoms with Gasteiger partial charge >= 0.3 is 0 Å². The summed E-state index contributed by atoms with van der Waals surface area (Å²) in [6, 6.07) is 10.7. The van der Waals surface area contributed by atoms with Crippen LogP contribution < -0.4 is 10.6 Å². The number of halogens is 1. The van der Waals surface area contributed by atoms with Crippen molar-refractivity contribution in [1.82, 2.24) is 15.6 Å². The number of nitrogens with one attached hydrogen (secondary N) is 2. The van der Waals surface area contributed by atoms with E-state index in [0.717, 1.165) is 29.5 Å². The molecule has 0 saturated heterocycles. The molecule has 2 N–H and O–H groups in total. The Morgan fingerprint density at radius 1 is 1.26 bits per heavy atom. The molecule has 0 spiro atoms. The number of guanidine groups is 1. The minimum atomic E-state index is 0. The standard InChI is InChI=1S/C17H20N4S.HI/c1-18-17(21-14-9-5-6-10-14)19-11-15-12-22-16(20-15)13-7-3-2-4-8-13;/h2-8,12,14H,9-11H2,1H3,(H2,18,19,21);1H. The molecule has 0 radical (unpaired) electrons. The van der Waals surface area contributed by atoms with Gasteiger partial charge in [0.05, 0.1) is 12.2 Å². The van der Waals surface area contributed by atoms with Gasteiger partial charge in [-0.05, 0) is 12.8 Å². The monoisotopic (exact) mass is 440 g/mol. The number of nitrogens with zero attached hydrogens (tertiary/aromatic N) is 2. The van der Waals surface area contributed by atoms with E-state index in [4.69, 9.17) is 0 Å². The summed E-state index contributed by atoms with van der Waals surface area (Å²) in [5.74, 6) is 0.836. The minimum Gasteiger partial charge on any atom is -0.353 e. The van der Waals surface area contributed by atoms with Crippen LogP contribution in [0.15, 0.2) is 52.9 Å². The molecule has 1 aromatic heterocycles. The lowest BCUT2D eigenvalue weighted by atomic mass is 10.2.